The van der Waals surface area contributed by atoms with E-state index in [1.807, 2.05) is 37.3 Å². The van der Waals surface area contributed by atoms with Gasteiger partial charge in [0.1, 0.15) is 0 Å². The SMILES string of the molecule is CC(CNS(=O)(=O)/C=C/c1ccc(Cl)cc1)c1ccccc1. The molecule has 0 aromatic heterocycles. The second-order valence-corrected chi connectivity index (χ2v) is 7.15. The van der Waals surface area contributed by atoms with Crippen LogP contribution >= 0.6 is 11.6 Å². The number of benzene rings is 2. The zero-order chi connectivity index (χ0) is 16.0. The zero-order valence-electron chi connectivity index (χ0n) is 12.2. The minimum Gasteiger partial charge on any atom is -0.211 e. The Morgan fingerprint density at radius 1 is 1.09 bits per heavy atom. The third-order valence-corrected chi connectivity index (χ3v) is 4.58. The molecule has 0 aliphatic rings. The third kappa shape index (κ3) is 5.30. The van der Waals surface area contributed by atoms with Gasteiger partial charge in [-0.25, -0.2) is 13.1 Å². The third-order valence-electron chi connectivity index (χ3n) is 3.27. The van der Waals surface area contributed by atoms with Gasteiger partial charge < -0.3 is 0 Å². The summed E-state index contributed by atoms with van der Waals surface area (Å²) in [6.45, 7) is 2.35. The first-order valence-electron chi connectivity index (χ1n) is 6.94. The number of halogens is 1. The van der Waals surface area contributed by atoms with Crippen LogP contribution in [0.25, 0.3) is 6.08 Å². The molecule has 0 heterocycles. The summed E-state index contributed by atoms with van der Waals surface area (Å²) in [6.07, 6.45) is 1.55. The van der Waals surface area contributed by atoms with Gasteiger partial charge in [-0.15, -0.1) is 0 Å². The molecule has 1 N–H and O–H groups in total. The normalized spacial score (nSPS) is 13.4. The quantitative estimate of drug-likeness (QED) is 0.866. The lowest BCUT2D eigenvalue weighted by Crippen LogP contribution is -2.25. The van der Waals surface area contributed by atoms with Gasteiger partial charge in [-0.05, 0) is 35.3 Å². The second kappa shape index (κ2) is 7.58. The molecule has 2 rings (SSSR count). The van der Waals surface area contributed by atoms with Gasteiger partial charge in [0.15, 0.2) is 0 Å². The largest absolute Gasteiger partial charge is 0.233 e. The molecule has 0 saturated heterocycles. The van der Waals surface area contributed by atoms with Gasteiger partial charge in [-0.1, -0.05) is 61.0 Å². The van der Waals surface area contributed by atoms with Crippen molar-refractivity contribution in [2.24, 2.45) is 0 Å². The Morgan fingerprint density at radius 2 is 1.73 bits per heavy atom. The summed E-state index contributed by atoms with van der Waals surface area (Å²) in [4.78, 5) is 0. The molecule has 0 aliphatic heterocycles. The van der Waals surface area contributed by atoms with Gasteiger partial charge in [0.05, 0.1) is 0 Å². The first kappa shape index (κ1) is 16.7. The number of hydrogen-bond acceptors (Lipinski definition) is 2. The van der Waals surface area contributed by atoms with E-state index in [0.717, 1.165) is 11.1 Å². The van der Waals surface area contributed by atoms with Crippen LogP contribution in [0.2, 0.25) is 5.02 Å². The summed E-state index contributed by atoms with van der Waals surface area (Å²) < 4.78 is 26.6. The number of hydrogen-bond donors (Lipinski definition) is 1. The number of sulfonamides is 1. The fourth-order valence-corrected chi connectivity index (χ4v) is 2.97. The van der Waals surface area contributed by atoms with Crippen molar-refractivity contribution in [3.63, 3.8) is 0 Å². The van der Waals surface area contributed by atoms with Crippen molar-refractivity contribution in [3.05, 3.63) is 76.2 Å². The summed E-state index contributed by atoms with van der Waals surface area (Å²) >= 11 is 5.79. The van der Waals surface area contributed by atoms with Crippen LogP contribution in [0.5, 0.6) is 0 Å². The Balaban J connectivity index is 1.95. The average Bonchev–Trinajstić information content (AvgIpc) is 2.53. The van der Waals surface area contributed by atoms with Gasteiger partial charge in [-0.3, -0.25) is 0 Å². The highest BCUT2D eigenvalue weighted by atomic mass is 35.5. The van der Waals surface area contributed by atoms with Crippen molar-refractivity contribution in [3.8, 4) is 0 Å². The molecule has 0 fully saturated rings. The highest BCUT2D eigenvalue weighted by Crippen LogP contribution is 2.14. The second-order valence-electron chi connectivity index (χ2n) is 5.06. The predicted molar refractivity (Wildman–Crippen MR) is 92.3 cm³/mol. The van der Waals surface area contributed by atoms with Crippen molar-refractivity contribution in [2.45, 2.75) is 12.8 Å². The van der Waals surface area contributed by atoms with Crippen molar-refractivity contribution in [1.82, 2.24) is 4.72 Å². The van der Waals surface area contributed by atoms with Crippen LogP contribution in [-0.4, -0.2) is 15.0 Å². The summed E-state index contributed by atoms with van der Waals surface area (Å²) in [5.74, 6) is 0.111. The van der Waals surface area contributed by atoms with E-state index in [-0.39, 0.29) is 5.92 Å². The minimum absolute atomic E-state index is 0.111. The lowest BCUT2D eigenvalue weighted by molar-refractivity contribution is 0.584. The first-order valence-corrected chi connectivity index (χ1v) is 8.87. The van der Waals surface area contributed by atoms with E-state index >= 15 is 0 Å². The minimum atomic E-state index is -3.46. The Hall–Kier alpha value is -1.62. The van der Waals surface area contributed by atoms with Crippen LogP contribution < -0.4 is 4.72 Å². The van der Waals surface area contributed by atoms with Crippen LogP contribution in [0.15, 0.2) is 60.0 Å². The van der Waals surface area contributed by atoms with Crippen molar-refractivity contribution in [2.75, 3.05) is 6.54 Å². The topological polar surface area (TPSA) is 46.2 Å². The Morgan fingerprint density at radius 3 is 2.36 bits per heavy atom. The molecule has 2 aromatic rings. The van der Waals surface area contributed by atoms with Gasteiger partial charge in [0.2, 0.25) is 10.0 Å². The maximum atomic E-state index is 12.0. The van der Waals surface area contributed by atoms with Gasteiger partial charge in [0.25, 0.3) is 0 Å². The smallest absolute Gasteiger partial charge is 0.211 e. The van der Waals surface area contributed by atoms with Crippen molar-refractivity contribution >= 4 is 27.7 Å². The van der Waals surface area contributed by atoms with E-state index in [0.29, 0.717) is 11.6 Å². The molecule has 1 atom stereocenters. The first-order chi connectivity index (χ1) is 10.5. The van der Waals surface area contributed by atoms with Gasteiger partial charge >= 0.3 is 0 Å². The van der Waals surface area contributed by atoms with E-state index in [1.54, 1.807) is 30.3 Å². The monoisotopic (exact) mass is 335 g/mol. The molecule has 5 heteroatoms. The maximum Gasteiger partial charge on any atom is 0.233 e. The Kier molecular flexibility index (Phi) is 5.77. The summed E-state index contributed by atoms with van der Waals surface area (Å²) in [5.41, 5.74) is 1.89. The van der Waals surface area contributed by atoms with E-state index in [2.05, 4.69) is 4.72 Å². The molecule has 0 spiro atoms. The molecule has 0 aliphatic carbocycles. The molecule has 0 amide bonds. The lowest BCUT2D eigenvalue weighted by atomic mass is 10.0. The fraction of sp³-hybridized carbons (Fsp3) is 0.176. The van der Waals surface area contributed by atoms with E-state index < -0.39 is 10.0 Å². The fourth-order valence-electron chi connectivity index (χ4n) is 1.93. The molecule has 0 bridgehead atoms. The van der Waals surface area contributed by atoms with Crippen LogP contribution in [0.1, 0.15) is 24.0 Å². The van der Waals surface area contributed by atoms with Crippen molar-refractivity contribution in [1.29, 1.82) is 0 Å². The molecule has 2 aromatic carbocycles. The van der Waals surface area contributed by atoms with Gasteiger partial charge in [0, 0.05) is 17.0 Å². The average molecular weight is 336 g/mol. The highest BCUT2D eigenvalue weighted by Gasteiger charge is 2.10. The summed E-state index contributed by atoms with van der Waals surface area (Å²) in [7, 11) is -3.46. The molecular formula is C17H18ClNO2S. The molecule has 22 heavy (non-hydrogen) atoms. The molecule has 116 valence electrons. The van der Waals surface area contributed by atoms with E-state index in [1.165, 1.54) is 5.41 Å². The van der Waals surface area contributed by atoms with Crippen molar-refractivity contribution < 1.29 is 8.42 Å². The molecular weight excluding hydrogens is 318 g/mol. The standard InChI is InChI=1S/C17H18ClNO2S/c1-14(16-5-3-2-4-6-16)13-19-22(20,21)12-11-15-7-9-17(18)10-8-15/h2-12,14,19H,13H2,1H3/b12-11+. The van der Waals surface area contributed by atoms with Gasteiger partial charge in [-0.2, -0.15) is 0 Å². The molecule has 3 nitrogen and oxygen atoms in total. The number of nitrogens with one attached hydrogen (secondary N) is 1. The maximum absolute atomic E-state index is 12.0. The van der Waals surface area contributed by atoms with E-state index in [4.69, 9.17) is 11.6 Å². The molecule has 0 saturated carbocycles. The van der Waals surface area contributed by atoms with Crippen LogP contribution in [0.4, 0.5) is 0 Å². The zero-order valence-corrected chi connectivity index (χ0v) is 13.8. The van der Waals surface area contributed by atoms with Crippen LogP contribution in [-0.2, 0) is 10.0 Å². The molecule has 0 radical (unpaired) electrons. The summed E-state index contributed by atoms with van der Waals surface area (Å²) in [5, 5.41) is 1.79. The summed E-state index contributed by atoms with van der Waals surface area (Å²) in [6, 6.07) is 16.8. The Bertz CT molecular complexity index is 725. The predicted octanol–water partition coefficient (Wildman–Crippen LogP) is 4.03. The number of rotatable bonds is 6. The Labute approximate surface area is 136 Å². The van der Waals surface area contributed by atoms with Crippen LogP contribution in [0.3, 0.4) is 0 Å². The molecule has 1 unspecified atom stereocenters. The van der Waals surface area contributed by atoms with E-state index in [9.17, 15) is 8.42 Å². The lowest BCUT2D eigenvalue weighted by Gasteiger charge is -2.11. The van der Waals surface area contributed by atoms with Crippen LogP contribution in [0, 0.1) is 0 Å². The highest BCUT2D eigenvalue weighted by molar-refractivity contribution is 7.92.